The highest BCUT2D eigenvalue weighted by molar-refractivity contribution is 6.17. The highest BCUT2D eigenvalue weighted by atomic mass is 35.5. The minimum atomic E-state index is 0.773. The van der Waals surface area contributed by atoms with E-state index in [2.05, 4.69) is 41.1 Å². The standard InChI is InChI=1S/C13H19ClN2/c1-15-10-11-16(9-5-4-8-14)13-7-3-2-6-12(13)15/h2-3,6-7H,4-5,8-11H2,1H3. The van der Waals surface area contributed by atoms with Gasteiger partial charge in [0.2, 0.25) is 0 Å². The maximum atomic E-state index is 5.72. The Hall–Kier alpha value is -0.890. The van der Waals surface area contributed by atoms with Gasteiger partial charge in [0, 0.05) is 32.6 Å². The molecule has 0 spiro atoms. The lowest BCUT2D eigenvalue weighted by Gasteiger charge is -2.37. The summed E-state index contributed by atoms with van der Waals surface area (Å²) in [5, 5.41) is 0. The highest BCUT2D eigenvalue weighted by Gasteiger charge is 2.18. The Morgan fingerprint density at radius 2 is 1.88 bits per heavy atom. The zero-order chi connectivity index (χ0) is 11.4. The van der Waals surface area contributed by atoms with Gasteiger partial charge < -0.3 is 9.80 Å². The number of alkyl halides is 1. The fourth-order valence-electron chi connectivity index (χ4n) is 2.20. The summed E-state index contributed by atoms with van der Waals surface area (Å²) in [7, 11) is 2.16. The molecule has 0 atom stereocenters. The first-order chi connectivity index (χ1) is 7.83. The van der Waals surface area contributed by atoms with E-state index in [1.165, 1.54) is 17.8 Å². The average molecular weight is 239 g/mol. The van der Waals surface area contributed by atoms with E-state index in [1.807, 2.05) is 0 Å². The predicted molar refractivity (Wildman–Crippen MR) is 71.9 cm³/mol. The van der Waals surface area contributed by atoms with Crippen LogP contribution in [-0.2, 0) is 0 Å². The van der Waals surface area contributed by atoms with Crippen LogP contribution < -0.4 is 9.80 Å². The Kier molecular flexibility index (Phi) is 3.94. The van der Waals surface area contributed by atoms with Crippen LogP contribution in [0.5, 0.6) is 0 Å². The summed E-state index contributed by atoms with van der Waals surface area (Å²) in [6.45, 7) is 3.35. The fourth-order valence-corrected chi connectivity index (χ4v) is 2.38. The van der Waals surface area contributed by atoms with Crippen molar-refractivity contribution < 1.29 is 0 Å². The molecule has 0 aromatic heterocycles. The van der Waals surface area contributed by atoms with E-state index in [-0.39, 0.29) is 0 Å². The molecule has 88 valence electrons. The third kappa shape index (κ3) is 2.43. The van der Waals surface area contributed by atoms with Crippen molar-refractivity contribution in [3.63, 3.8) is 0 Å². The number of anilines is 2. The van der Waals surface area contributed by atoms with E-state index >= 15 is 0 Å². The molecule has 0 amide bonds. The summed E-state index contributed by atoms with van der Waals surface area (Å²) in [6, 6.07) is 8.64. The SMILES string of the molecule is CN1CCN(CCCCCl)c2ccccc21. The molecule has 2 rings (SSSR count). The van der Waals surface area contributed by atoms with E-state index in [1.54, 1.807) is 0 Å². The second-order valence-electron chi connectivity index (χ2n) is 4.29. The third-order valence-corrected chi connectivity index (χ3v) is 3.42. The van der Waals surface area contributed by atoms with Crippen molar-refractivity contribution in [3.8, 4) is 0 Å². The molecule has 1 aromatic rings. The predicted octanol–water partition coefficient (Wildman–Crippen LogP) is 2.96. The summed E-state index contributed by atoms with van der Waals surface area (Å²) in [5.41, 5.74) is 2.71. The highest BCUT2D eigenvalue weighted by Crippen LogP contribution is 2.31. The summed E-state index contributed by atoms with van der Waals surface area (Å²) < 4.78 is 0. The van der Waals surface area contributed by atoms with Gasteiger partial charge in [0.25, 0.3) is 0 Å². The zero-order valence-corrected chi connectivity index (χ0v) is 10.6. The number of likely N-dealkylation sites (N-methyl/N-ethyl adjacent to an activating group) is 1. The van der Waals surface area contributed by atoms with Gasteiger partial charge in [-0.25, -0.2) is 0 Å². The molecule has 1 heterocycles. The minimum absolute atomic E-state index is 0.773. The Morgan fingerprint density at radius 1 is 1.12 bits per heavy atom. The summed E-state index contributed by atoms with van der Waals surface area (Å²) in [4.78, 5) is 4.80. The number of hydrogen-bond acceptors (Lipinski definition) is 2. The molecule has 0 saturated heterocycles. The molecule has 0 fully saturated rings. The summed E-state index contributed by atoms with van der Waals surface area (Å²) >= 11 is 5.72. The Balaban J connectivity index is 2.09. The first kappa shape index (κ1) is 11.6. The second-order valence-corrected chi connectivity index (χ2v) is 4.67. The number of halogens is 1. The van der Waals surface area contributed by atoms with Gasteiger partial charge in [-0.05, 0) is 25.0 Å². The third-order valence-electron chi connectivity index (χ3n) is 3.15. The molecule has 1 aliphatic rings. The smallest absolute Gasteiger partial charge is 0.0604 e. The second kappa shape index (κ2) is 5.44. The van der Waals surface area contributed by atoms with Gasteiger partial charge in [-0.1, -0.05) is 12.1 Å². The zero-order valence-electron chi connectivity index (χ0n) is 9.82. The van der Waals surface area contributed by atoms with Crippen molar-refractivity contribution in [1.82, 2.24) is 0 Å². The lowest BCUT2D eigenvalue weighted by atomic mass is 10.1. The van der Waals surface area contributed by atoms with Crippen LogP contribution in [0.15, 0.2) is 24.3 Å². The van der Waals surface area contributed by atoms with Crippen molar-refractivity contribution in [2.45, 2.75) is 12.8 Å². The van der Waals surface area contributed by atoms with Crippen LogP contribution in [0.1, 0.15) is 12.8 Å². The number of fused-ring (bicyclic) bond motifs is 1. The van der Waals surface area contributed by atoms with Crippen LogP contribution in [0.3, 0.4) is 0 Å². The molecule has 0 N–H and O–H groups in total. The molecule has 0 saturated carbocycles. The van der Waals surface area contributed by atoms with Crippen LogP contribution in [0.25, 0.3) is 0 Å². The number of nitrogens with zero attached hydrogens (tertiary/aromatic N) is 2. The van der Waals surface area contributed by atoms with E-state index in [4.69, 9.17) is 11.6 Å². The van der Waals surface area contributed by atoms with Gasteiger partial charge >= 0.3 is 0 Å². The lowest BCUT2D eigenvalue weighted by Crippen LogP contribution is -2.39. The Labute approximate surface area is 103 Å². The van der Waals surface area contributed by atoms with Gasteiger partial charge in [0.05, 0.1) is 11.4 Å². The fraction of sp³-hybridized carbons (Fsp3) is 0.538. The van der Waals surface area contributed by atoms with Gasteiger partial charge in [0.15, 0.2) is 0 Å². The molecule has 3 heteroatoms. The van der Waals surface area contributed by atoms with Crippen molar-refractivity contribution in [3.05, 3.63) is 24.3 Å². The first-order valence-corrected chi connectivity index (χ1v) is 6.47. The van der Waals surface area contributed by atoms with Crippen LogP contribution in [0, 0.1) is 0 Å². The number of unbranched alkanes of at least 4 members (excludes halogenated alkanes) is 1. The first-order valence-electron chi connectivity index (χ1n) is 5.94. The van der Waals surface area contributed by atoms with Gasteiger partial charge in [-0.3, -0.25) is 0 Å². The molecular weight excluding hydrogens is 220 g/mol. The number of para-hydroxylation sites is 2. The molecule has 2 nitrogen and oxygen atoms in total. The molecule has 1 aliphatic heterocycles. The number of benzene rings is 1. The van der Waals surface area contributed by atoms with Crippen molar-refractivity contribution in [2.24, 2.45) is 0 Å². The van der Waals surface area contributed by atoms with E-state index in [0.29, 0.717) is 0 Å². The molecular formula is C13H19ClN2. The number of rotatable bonds is 4. The largest absolute Gasteiger partial charge is 0.371 e. The average Bonchev–Trinajstić information content (AvgIpc) is 2.33. The summed E-state index contributed by atoms with van der Waals surface area (Å²) in [5.74, 6) is 0.773. The molecule has 16 heavy (non-hydrogen) atoms. The van der Waals surface area contributed by atoms with Crippen molar-refractivity contribution in [2.75, 3.05) is 42.4 Å². The van der Waals surface area contributed by atoms with Gasteiger partial charge in [-0.2, -0.15) is 0 Å². The maximum Gasteiger partial charge on any atom is 0.0604 e. The van der Waals surface area contributed by atoms with Gasteiger partial charge in [0.1, 0.15) is 0 Å². The number of hydrogen-bond donors (Lipinski definition) is 0. The monoisotopic (exact) mass is 238 g/mol. The minimum Gasteiger partial charge on any atom is -0.371 e. The van der Waals surface area contributed by atoms with Crippen LogP contribution >= 0.6 is 11.6 Å². The van der Waals surface area contributed by atoms with Crippen LogP contribution in [-0.4, -0.2) is 32.6 Å². The topological polar surface area (TPSA) is 6.48 Å². The molecule has 0 radical (unpaired) electrons. The van der Waals surface area contributed by atoms with Crippen molar-refractivity contribution >= 4 is 23.0 Å². The Bertz CT molecular complexity index is 340. The summed E-state index contributed by atoms with van der Waals surface area (Å²) in [6.07, 6.45) is 2.29. The van der Waals surface area contributed by atoms with E-state index in [0.717, 1.165) is 31.9 Å². The molecule has 0 bridgehead atoms. The molecule has 1 aromatic carbocycles. The Morgan fingerprint density at radius 3 is 2.62 bits per heavy atom. The van der Waals surface area contributed by atoms with Crippen LogP contribution in [0.2, 0.25) is 0 Å². The molecule has 0 aliphatic carbocycles. The lowest BCUT2D eigenvalue weighted by molar-refractivity contribution is 0.689. The van der Waals surface area contributed by atoms with E-state index < -0.39 is 0 Å². The van der Waals surface area contributed by atoms with Crippen LogP contribution in [0.4, 0.5) is 11.4 Å². The van der Waals surface area contributed by atoms with Gasteiger partial charge in [-0.15, -0.1) is 11.6 Å². The normalized spacial score (nSPS) is 15.1. The van der Waals surface area contributed by atoms with E-state index in [9.17, 15) is 0 Å². The molecule has 0 unspecified atom stereocenters. The van der Waals surface area contributed by atoms with Crippen molar-refractivity contribution in [1.29, 1.82) is 0 Å². The quantitative estimate of drug-likeness (QED) is 0.588. The maximum absolute atomic E-state index is 5.72.